The number of rotatable bonds is 6. The number of hydrogen-bond donors (Lipinski definition) is 4. The molecule has 23 heavy (non-hydrogen) atoms. The molecule has 0 saturated carbocycles. The number of hydrogen-bond acceptors (Lipinski definition) is 4. The van der Waals surface area contributed by atoms with Crippen molar-refractivity contribution in [2.45, 2.75) is 6.42 Å². The molecular formula is C17H17NO4S. The number of thiol groups is 1. The van der Waals surface area contributed by atoms with Crippen molar-refractivity contribution in [1.29, 1.82) is 0 Å². The average Bonchev–Trinajstić information content (AvgIpc) is 2.55. The largest absolute Gasteiger partial charge is 0.507 e. The van der Waals surface area contributed by atoms with Crippen LogP contribution in [-0.4, -0.2) is 27.8 Å². The van der Waals surface area contributed by atoms with E-state index in [1.807, 2.05) is 30.3 Å². The second kappa shape index (κ2) is 7.69. The van der Waals surface area contributed by atoms with Crippen LogP contribution in [0.5, 0.6) is 5.75 Å². The van der Waals surface area contributed by atoms with Crippen LogP contribution in [0.2, 0.25) is 0 Å². The fourth-order valence-electron chi connectivity index (χ4n) is 2.17. The summed E-state index contributed by atoms with van der Waals surface area (Å²) in [5.41, 5.74) is 1.09. The summed E-state index contributed by atoms with van der Waals surface area (Å²) in [5.74, 6) is -1.82. The molecule has 0 aromatic heterocycles. The van der Waals surface area contributed by atoms with Crippen LogP contribution in [0.4, 0.5) is 5.69 Å². The van der Waals surface area contributed by atoms with Crippen molar-refractivity contribution in [1.82, 2.24) is 0 Å². The molecule has 1 amide bonds. The smallest absolute Gasteiger partial charge is 0.339 e. The number of aromatic hydroxyl groups is 1. The van der Waals surface area contributed by atoms with E-state index in [1.54, 1.807) is 0 Å². The van der Waals surface area contributed by atoms with Gasteiger partial charge in [-0.1, -0.05) is 30.3 Å². The van der Waals surface area contributed by atoms with Gasteiger partial charge in [-0.3, -0.25) is 4.79 Å². The van der Waals surface area contributed by atoms with Crippen LogP contribution in [0.25, 0.3) is 0 Å². The zero-order valence-corrected chi connectivity index (χ0v) is 13.2. The first-order chi connectivity index (χ1) is 11.0. The fourth-order valence-corrected chi connectivity index (χ4v) is 2.46. The molecule has 120 valence electrons. The normalized spacial score (nSPS) is 11.7. The molecule has 1 atom stereocenters. The minimum Gasteiger partial charge on any atom is -0.507 e. The molecule has 5 nitrogen and oxygen atoms in total. The summed E-state index contributed by atoms with van der Waals surface area (Å²) in [4.78, 5) is 23.4. The third-order valence-corrected chi connectivity index (χ3v) is 3.85. The maximum atomic E-state index is 12.3. The fraction of sp³-hybridized carbons (Fsp3) is 0.176. The molecule has 0 aliphatic rings. The van der Waals surface area contributed by atoms with E-state index in [0.717, 1.165) is 5.56 Å². The standard InChI is InChI=1S/C17H17NO4S/c19-15-7-6-13(9-14(15)17(21)22)18-16(20)12(10-23)8-11-4-2-1-3-5-11/h1-7,9,12,19,23H,8,10H2,(H,18,20)(H,21,22). The van der Waals surface area contributed by atoms with Crippen LogP contribution in [0.3, 0.4) is 0 Å². The lowest BCUT2D eigenvalue weighted by atomic mass is 10.00. The lowest BCUT2D eigenvalue weighted by Gasteiger charge is -2.15. The number of carboxylic acids is 1. The summed E-state index contributed by atoms with van der Waals surface area (Å²) in [6.45, 7) is 0. The number of carbonyl (C=O) groups is 2. The Balaban J connectivity index is 2.10. The third-order valence-electron chi connectivity index (χ3n) is 3.41. The number of amides is 1. The Morgan fingerprint density at radius 3 is 2.43 bits per heavy atom. The number of carboxylic acid groups (broad SMARTS) is 1. The van der Waals surface area contributed by atoms with Gasteiger partial charge in [0.25, 0.3) is 0 Å². The van der Waals surface area contributed by atoms with E-state index in [1.165, 1.54) is 18.2 Å². The number of benzene rings is 2. The first-order valence-corrected chi connectivity index (χ1v) is 7.66. The first-order valence-electron chi connectivity index (χ1n) is 7.03. The lowest BCUT2D eigenvalue weighted by molar-refractivity contribution is -0.119. The molecule has 3 N–H and O–H groups in total. The topological polar surface area (TPSA) is 86.6 Å². The minimum atomic E-state index is -1.26. The highest BCUT2D eigenvalue weighted by Crippen LogP contribution is 2.22. The van der Waals surface area contributed by atoms with E-state index in [9.17, 15) is 14.7 Å². The molecule has 0 spiro atoms. The SMILES string of the molecule is O=C(O)c1cc(NC(=O)C(CS)Cc2ccccc2)ccc1O. The highest BCUT2D eigenvalue weighted by atomic mass is 32.1. The lowest BCUT2D eigenvalue weighted by Crippen LogP contribution is -2.26. The summed E-state index contributed by atoms with van der Waals surface area (Å²) >= 11 is 4.23. The van der Waals surface area contributed by atoms with Crippen LogP contribution < -0.4 is 5.32 Å². The molecule has 0 bridgehead atoms. The molecule has 6 heteroatoms. The number of anilines is 1. The van der Waals surface area contributed by atoms with Crippen molar-refractivity contribution in [3.8, 4) is 5.75 Å². The molecular weight excluding hydrogens is 314 g/mol. The highest BCUT2D eigenvalue weighted by molar-refractivity contribution is 7.80. The van der Waals surface area contributed by atoms with E-state index in [4.69, 9.17) is 5.11 Å². The van der Waals surface area contributed by atoms with Gasteiger partial charge in [0.2, 0.25) is 5.91 Å². The zero-order chi connectivity index (χ0) is 16.8. The van der Waals surface area contributed by atoms with Gasteiger partial charge >= 0.3 is 5.97 Å². The van der Waals surface area contributed by atoms with Crippen LogP contribution >= 0.6 is 12.6 Å². The molecule has 0 aliphatic heterocycles. The molecule has 0 radical (unpaired) electrons. The molecule has 2 aromatic carbocycles. The molecule has 0 saturated heterocycles. The van der Waals surface area contributed by atoms with Crippen molar-refractivity contribution < 1.29 is 19.8 Å². The van der Waals surface area contributed by atoms with Crippen molar-refractivity contribution in [3.63, 3.8) is 0 Å². The quantitative estimate of drug-likeness (QED) is 0.484. The Hall–Kier alpha value is -2.47. The summed E-state index contributed by atoms with van der Waals surface area (Å²) in [6.07, 6.45) is 0.542. The second-order valence-corrected chi connectivity index (χ2v) is 5.46. The van der Waals surface area contributed by atoms with Crippen LogP contribution in [0, 0.1) is 5.92 Å². The number of nitrogens with one attached hydrogen (secondary N) is 1. The maximum Gasteiger partial charge on any atom is 0.339 e. The maximum absolute atomic E-state index is 12.3. The number of phenols is 1. The molecule has 0 fully saturated rings. The van der Waals surface area contributed by atoms with Gasteiger partial charge in [-0.15, -0.1) is 0 Å². The number of carbonyl (C=O) groups excluding carboxylic acids is 1. The van der Waals surface area contributed by atoms with Gasteiger partial charge in [0.05, 0.1) is 5.92 Å². The first kappa shape index (κ1) is 16.9. The summed E-state index contributed by atoms with van der Waals surface area (Å²) < 4.78 is 0. The Labute approximate surface area is 139 Å². The van der Waals surface area contributed by atoms with Gasteiger partial charge in [0.1, 0.15) is 11.3 Å². The zero-order valence-electron chi connectivity index (χ0n) is 12.3. The van der Waals surface area contributed by atoms with Crippen molar-refractivity contribution in [2.24, 2.45) is 5.92 Å². The van der Waals surface area contributed by atoms with Gasteiger partial charge in [0, 0.05) is 11.4 Å². The van der Waals surface area contributed by atoms with Crippen LogP contribution in [0.1, 0.15) is 15.9 Å². The van der Waals surface area contributed by atoms with E-state index < -0.39 is 5.97 Å². The van der Waals surface area contributed by atoms with Gasteiger partial charge in [0.15, 0.2) is 0 Å². The van der Waals surface area contributed by atoms with Gasteiger partial charge in [-0.2, -0.15) is 12.6 Å². The number of aromatic carboxylic acids is 1. The van der Waals surface area contributed by atoms with E-state index in [0.29, 0.717) is 17.9 Å². The Bertz CT molecular complexity index is 703. The van der Waals surface area contributed by atoms with E-state index >= 15 is 0 Å². The predicted octanol–water partition coefficient (Wildman–Crippen LogP) is 2.82. The van der Waals surface area contributed by atoms with Gasteiger partial charge in [-0.05, 0) is 30.2 Å². The van der Waals surface area contributed by atoms with Crippen LogP contribution in [0.15, 0.2) is 48.5 Å². The molecule has 0 aliphatic carbocycles. The van der Waals surface area contributed by atoms with Gasteiger partial charge in [-0.25, -0.2) is 4.79 Å². The Morgan fingerprint density at radius 1 is 1.13 bits per heavy atom. The van der Waals surface area contributed by atoms with Crippen LogP contribution in [-0.2, 0) is 11.2 Å². The Kier molecular flexibility index (Phi) is 5.65. The summed E-state index contributed by atoms with van der Waals surface area (Å²) in [6, 6.07) is 13.5. The van der Waals surface area contributed by atoms with E-state index in [-0.39, 0.29) is 23.1 Å². The monoisotopic (exact) mass is 331 g/mol. The third kappa shape index (κ3) is 4.50. The van der Waals surface area contributed by atoms with Crippen molar-refractivity contribution >= 4 is 30.2 Å². The summed E-state index contributed by atoms with van der Waals surface area (Å²) in [7, 11) is 0. The minimum absolute atomic E-state index is 0.245. The molecule has 1 unspecified atom stereocenters. The van der Waals surface area contributed by atoms with Gasteiger partial charge < -0.3 is 15.5 Å². The molecule has 0 heterocycles. The summed E-state index contributed by atoms with van der Waals surface area (Å²) in [5, 5.41) is 21.1. The highest BCUT2D eigenvalue weighted by Gasteiger charge is 2.19. The Morgan fingerprint density at radius 2 is 1.83 bits per heavy atom. The predicted molar refractivity (Wildman–Crippen MR) is 91.2 cm³/mol. The van der Waals surface area contributed by atoms with Crippen molar-refractivity contribution in [2.75, 3.05) is 11.1 Å². The molecule has 2 rings (SSSR count). The van der Waals surface area contributed by atoms with E-state index in [2.05, 4.69) is 17.9 Å². The second-order valence-electron chi connectivity index (χ2n) is 5.10. The molecule has 2 aromatic rings. The van der Waals surface area contributed by atoms with Crippen molar-refractivity contribution in [3.05, 3.63) is 59.7 Å². The average molecular weight is 331 g/mol.